The maximum Gasteiger partial charge on any atom is 0.260 e. The van der Waals surface area contributed by atoms with E-state index in [0.717, 1.165) is 19.1 Å². The van der Waals surface area contributed by atoms with Crippen LogP contribution in [0, 0.1) is 0 Å². The van der Waals surface area contributed by atoms with Crippen molar-refractivity contribution in [1.82, 2.24) is 5.32 Å². The zero-order valence-electron chi connectivity index (χ0n) is 12.1. The SMILES string of the molecule is CC(Oc1ccc(C=O)cc1Br)C(=O)NC1CCCCC1. The number of rotatable bonds is 5. The predicted molar refractivity (Wildman–Crippen MR) is 84.6 cm³/mol. The molecular formula is C16H20BrNO3. The number of nitrogens with one attached hydrogen (secondary N) is 1. The van der Waals surface area contributed by atoms with Crippen molar-refractivity contribution >= 4 is 28.1 Å². The van der Waals surface area contributed by atoms with Gasteiger partial charge in [0.1, 0.15) is 12.0 Å². The lowest BCUT2D eigenvalue weighted by atomic mass is 9.95. The third kappa shape index (κ3) is 4.56. The first-order valence-corrected chi connectivity index (χ1v) is 8.11. The van der Waals surface area contributed by atoms with Gasteiger partial charge in [-0.1, -0.05) is 19.3 Å². The Balaban J connectivity index is 1.92. The summed E-state index contributed by atoms with van der Waals surface area (Å²) in [6, 6.07) is 5.31. The summed E-state index contributed by atoms with van der Waals surface area (Å²) >= 11 is 3.35. The van der Waals surface area contributed by atoms with E-state index in [2.05, 4.69) is 21.2 Å². The lowest BCUT2D eigenvalue weighted by Gasteiger charge is -2.24. The second kappa shape index (κ2) is 7.59. The van der Waals surface area contributed by atoms with Gasteiger partial charge in [0.2, 0.25) is 0 Å². The van der Waals surface area contributed by atoms with Crippen molar-refractivity contribution in [2.75, 3.05) is 0 Å². The van der Waals surface area contributed by atoms with Gasteiger partial charge in [-0.05, 0) is 53.9 Å². The van der Waals surface area contributed by atoms with Gasteiger partial charge in [-0.3, -0.25) is 9.59 Å². The van der Waals surface area contributed by atoms with Crippen LogP contribution < -0.4 is 10.1 Å². The zero-order valence-corrected chi connectivity index (χ0v) is 13.7. The van der Waals surface area contributed by atoms with E-state index in [9.17, 15) is 9.59 Å². The third-order valence-corrected chi connectivity index (χ3v) is 4.34. The van der Waals surface area contributed by atoms with E-state index >= 15 is 0 Å². The van der Waals surface area contributed by atoms with Crippen molar-refractivity contribution in [3.05, 3.63) is 28.2 Å². The normalized spacial score (nSPS) is 17.0. The second-order valence-electron chi connectivity index (χ2n) is 5.41. The van der Waals surface area contributed by atoms with Gasteiger partial charge in [-0.15, -0.1) is 0 Å². The Morgan fingerprint density at radius 1 is 1.38 bits per heavy atom. The third-order valence-electron chi connectivity index (χ3n) is 3.72. The quantitative estimate of drug-likeness (QED) is 0.824. The van der Waals surface area contributed by atoms with Crippen LogP contribution in [0.4, 0.5) is 0 Å². The van der Waals surface area contributed by atoms with Crippen molar-refractivity contribution in [2.24, 2.45) is 0 Å². The summed E-state index contributed by atoms with van der Waals surface area (Å²) in [4.78, 5) is 22.8. The van der Waals surface area contributed by atoms with Gasteiger partial charge in [0, 0.05) is 11.6 Å². The Bertz CT molecular complexity index is 512. The number of benzene rings is 1. The highest BCUT2D eigenvalue weighted by molar-refractivity contribution is 9.10. The monoisotopic (exact) mass is 353 g/mol. The fraction of sp³-hybridized carbons (Fsp3) is 0.500. The van der Waals surface area contributed by atoms with Gasteiger partial charge >= 0.3 is 0 Å². The molecule has 1 atom stereocenters. The molecule has 1 aliphatic carbocycles. The van der Waals surface area contributed by atoms with Crippen molar-refractivity contribution in [3.63, 3.8) is 0 Å². The van der Waals surface area contributed by atoms with Crippen LogP contribution in [0.2, 0.25) is 0 Å². The minimum Gasteiger partial charge on any atom is -0.480 e. The molecule has 1 amide bonds. The van der Waals surface area contributed by atoms with Crippen molar-refractivity contribution in [2.45, 2.75) is 51.2 Å². The highest BCUT2D eigenvalue weighted by atomic mass is 79.9. The first-order chi connectivity index (χ1) is 10.1. The highest BCUT2D eigenvalue weighted by Crippen LogP contribution is 2.26. The molecule has 114 valence electrons. The van der Waals surface area contributed by atoms with E-state index in [0.29, 0.717) is 15.8 Å². The first-order valence-electron chi connectivity index (χ1n) is 7.32. The minimum absolute atomic E-state index is 0.0896. The molecule has 1 aliphatic rings. The summed E-state index contributed by atoms with van der Waals surface area (Å²) in [5.41, 5.74) is 0.563. The van der Waals surface area contributed by atoms with Gasteiger partial charge in [-0.25, -0.2) is 0 Å². The molecule has 21 heavy (non-hydrogen) atoms. The number of ether oxygens (including phenoxy) is 1. The van der Waals surface area contributed by atoms with Crippen LogP contribution in [0.5, 0.6) is 5.75 Å². The fourth-order valence-corrected chi connectivity index (χ4v) is 2.99. The number of carbonyl (C=O) groups is 2. The molecule has 0 aromatic heterocycles. The van der Waals surface area contributed by atoms with E-state index in [1.165, 1.54) is 19.3 Å². The fourth-order valence-electron chi connectivity index (χ4n) is 2.50. The Morgan fingerprint density at radius 2 is 2.10 bits per heavy atom. The lowest BCUT2D eigenvalue weighted by Crippen LogP contribution is -2.43. The molecule has 0 radical (unpaired) electrons. The standard InChI is InChI=1S/C16H20BrNO3/c1-11(16(20)18-13-5-3-2-4-6-13)21-15-8-7-12(10-19)9-14(15)17/h7-11,13H,2-6H2,1H3,(H,18,20). The number of halogens is 1. The van der Waals surface area contributed by atoms with Crippen molar-refractivity contribution in [1.29, 1.82) is 0 Å². The Labute approximate surface area is 133 Å². The molecule has 1 fully saturated rings. The van der Waals surface area contributed by atoms with Crippen LogP contribution >= 0.6 is 15.9 Å². The van der Waals surface area contributed by atoms with E-state index in [1.54, 1.807) is 25.1 Å². The summed E-state index contributed by atoms with van der Waals surface area (Å²) in [7, 11) is 0. The number of carbonyl (C=O) groups excluding carboxylic acids is 2. The average Bonchev–Trinajstić information content (AvgIpc) is 2.50. The molecule has 0 bridgehead atoms. The molecule has 0 spiro atoms. The minimum atomic E-state index is -0.565. The van der Waals surface area contributed by atoms with Gasteiger partial charge in [-0.2, -0.15) is 0 Å². The van der Waals surface area contributed by atoms with E-state index in [1.807, 2.05) is 0 Å². The molecule has 0 aliphatic heterocycles. The van der Waals surface area contributed by atoms with Crippen LogP contribution in [-0.4, -0.2) is 24.3 Å². The maximum atomic E-state index is 12.1. The molecule has 1 N–H and O–H groups in total. The topological polar surface area (TPSA) is 55.4 Å². The predicted octanol–water partition coefficient (Wildman–Crippen LogP) is 3.48. The Hall–Kier alpha value is -1.36. The van der Waals surface area contributed by atoms with E-state index in [-0.39, 0.29) is 11.9 Å². The van der Waals surface area contributed by atoms with Gasteiger partial charge in [0.05, 0.1) is 4.47 Å². The smallest absolute Gasteiger partial charge is 0.260 e. The molecule has 4 nitrogen and oxygen atoms in total. The lowest BCUT2D eigenvalue weighted by molar-refractivity contribution is -0.128. The van der Waals surface area contributed by atoms with Crippen molar-refractivity contribution in [3.8, 4) is 5.75 Å². The van der Waals surface area contributed by atoms with E-state index < -0.39 is 6.10 Å². The van der Waals surface area contributed by atoms with Gasteiger partial charge < -0.3 is 10.1 Å². The molecule has 2 rings (SSSR count). The van der Waals surface area contributed by atoms with Crippen LogP contribution in [0.3, 0.4) is 0 Å². The summed E-state index contributed by atoms with van der Waals surface area (Å²) in [5.74, 6) is 0.472. The first kappa shape index (κ1) is 16.0. The molecule has 0 heterocycles. The zero-order chi connectivity index (χ0) is 15.2. The van der Waals surface area contributed by atoms with Gasteiger partial charge in [0.15, 0.2) is 6.10 Å². The molecule has 0 saturated heterocycles. The van der Waals surface area contributed by atoms with Crippen LogP contribution in [0.25, 0.3) is 0 Å². The van der Waals surface area contributed by atoms with Crippen molar-refractivity contribution < 1.29 is 14.3 Å². The van der Waals surface area contributed by atoms with Gasteiger partial charge in [0.25, 0.3) is 5.91 Å². The largest absolute Gasteiger partial charge is 0.480 e. The molecule has 1 saturated carbocycles. The number of amides is 1. The maximum absolute atomic E-state index is 12.1. The number of hydrogen-bond donors (Lipinski definition) is 1. The molecule has 1 aromatic carbocycles. The molecule has 5 heteroatoms. The summed E-state index contributed by atoms with van der Waals surface area (Å²) in [6.45, 7) is 1.73. The van der Waals surface area contributed by atoms with Crippen LogP contribution in [0.15, 0.2) is 22.7 Å². The van der Waals surface area contributed by atoms with Crippen LogP contribution in [-0.2, 0) is 4.79 Å². The molecule has 1 unspecified atom stereocenters. The Kier molecular flexibility index (Phi) is 5.79. The molecular weight excluding hydrogens is 334 g/mol. The summed E-state index contributed by atoms with van der Waals surface area (Å²) in [6.07, 6.45) is 5.93. The second-order valence-corrected chi connectivity index (χ2v) is 6.27. The van der Waals surface area contributed by atoms with E-state index in [4.69, 9.17) is 4.74 Å². The Morgan fingerprint density at radius 3 is 2.71 bits per heavy atom. The average molecular weight is 354 g/mol. The number of hydrogen-bond acceptors (Lipinski definition) is 3. The number of aldehydes is 1. The summed E-state index contributed by atoms with van der Waals surface area (Å²) < 4.78 is 6.34. The van der Waals surface area contributed by atoms with Crippen LogP contribution in [0.1, 0.15) is 49.4 Å². The summed E-state index contributed by atoms with van der Waals surface area (Å²) in [5, 5.41) is 3.05. The molecule has 1 aromatic rings. The highest BCUT2D eigenvalue weighted by Gasteiger charge is 2.21.